The van der Waals surface area contributed by atoms with Crippen LogP contribution in [0.3, 0.4) is 0 Å². The molecular weight excluding hydrogens is 290 g/mol. The first-order valence-corrected chi connectivity index (χ1v) is 7.87. The van der Waals surface area contributed by atoms with Crippen molar-refractivity contribution >= 4 is 11.5 Å². The zero-order valence-electron chi connectivity index (χ0n) is 13.1. The molecule has 6 heteroatoms. The lowest BCUT2D eigenvalue weighted by atomic mass is 9.80. The molecule has 0 amide bonds. The van der Waals surface area contributed by atoms with Crippen molar-refractivity contribution in [2.24, 2.45) is 0 Å². The summed E-state index contributed by atoms with van der Waals surface area (Å²) < 4.78 is 7.41. The zero-order chi connectivity index (χ0) is 15.7. The van der Waals surface area contributed by atoms with Gasteiger partial charge in [0.1, 0.15) is 5.82 Å². The fraction of sp³-hybridized carbons (Fsp3) is 0.353. The fourth-order valence-electron chi connectivity index (χ4n) is 2.93. The predicted molar refractivity (Wildman–Crippen MR) is 88.3 cm³/mol. The van der Waals surface area contributed by atoms with Gasteiger partial charge in [-0.2, -0.15) is 4.52 Å². The Kier molecular flexibility index (Phi) is 3.46. The largest absolute Gasteiger partial charge is 0.376 e. The van der Waals surface area contributed by atoms with E-state index in [0.29, 0.717) is 0 Å². The summed E-state index contributed by atoms with van der Waals surface area (Å²) in [6, 6.07) is 13.8. The van der Waals surface area contributed by atoms with E-state index >= 15 is 0 Å². The maximum absolute atomic E-state index is 5.64. The van der Waals surface area contributed by atoms with Gasteiger partial charge >= 0.3 is 0 Å². The van der Waals surface area contributed by atoms with Crippen LogP contribution in [0.1, 0.15) is 19.3 Å². The summed E-state index contributed by atoms with van der Waals surface area (Å²) in [6.07, 6.45) is 3.42. The molecule has 4 rings (SSSR count). The molecule has 2 aromatic heterocycles. The molecule has 1 saturated carbocycles. The first-order valence-electron chi connectivity index (χ1n) is 7.87. The number of methoxy groups -OCH3 is 1. The summed E-state index contributed by atoms with van der Waals surface area (Å²) in [6.45, 7) is 0.769. The summed E-state index contributed by atoms with van der Waals surface area (Å²) in [7, 11) is 1.78. The minimum atomic E-state index is -0.0356. The summed E-state index contributed by atoms with van der Waals surface area (Å²) in [5, 5.41) is 16.5. The van der Waals surface area contributed by atoms with Gasteiger partial charge in [0.15, 0.2) is 11.5 Å². The van der Waals surface area contributed by atoms with Gasteiger partial charge in [0.2, 0.25) is 0 Å². The van der Waals surface area contributed by atoms with Gasteiger partial charge in [0.25, 0.3) is 0 Å². The molecule has 6 nitrogen and oxygen atoms in total. The number of ether oxygens (including phenoxy) is 1. The quantitative estimate of drug-likeness (QED) is 0.785. The van der Waals surface area contributed by atoms with E-state index in [2.05, 4.69) is 20.6 Å². The average molecular weight is 309 g/mol. The second kappa shape index (κ2) is 5.62. The molecule has 1 fully saturated rings. The van der Waals surface area contributed by atoms with E-state index in [4.69, 9.17) is 4.74 Å². The van der Waals surface area contributed by atoms with E-state index in [9.17, 15) is 0 Å². The predicted octanol–water partition coefficient (Wildman–Crippen LogP) is 2.77. The van der Waals surface area contributed by atoms with Crippen molar-refractivity contribution in [3.63, 3.8) is 0 Å². The molecular formula is C17H19N5O. The van der Waals surface area contributed by atoms with Crippen LogP contribution >= 0.6 is 0 Å². The van der Waals surface area contributed by atoms with Crippen molar-refractivity contribution in [2.75, 3.05) is 19.0 Å². The minimum absolute atomic E-state index is 0.0356. The first-order chi connectivity index (χ1) is 11.3. The van der Waals surface area contributed by atoms with Gasteiger partial charge in [0.05, 0.1) is 5.60 Å². The Morgan fingerprint density at radius 2 is 1.96 bits per heavy atom. The smallest absolute Gasteiger partial charge is 0.185 e. The Hall–Kier alpha value is -2.47. The average Bonchev–Trinajstić information content (AvgIpc) is 2.98. The van der Waals surface area contributed by atoms with Crippen LogP contribution in [0, 0.1) is 0 Å². The van der Waals surface area contributed by atoms with E-state index in [-0.39, 0.29) is 5.60 Å². The molecule has 23 heavy (non-hydrogen) atoms. The Labute approximate surface area is 134 Å². The molecule has 0 aliphatic heterocycles. The number of hydrogen-bond donors (Lipinski definition) is 1. The van der Waals surface area contributed by atoms with Crippen molar-refractivity contribution < 1.29 is 4.74 Å². The molecule has 118 valence electrons. The summed E-state index contributed by atoms with van der Waals surface area (Å²) in [4.78, 5) is 0. The fourth-order valence-corrected chi connectivity index (χ4v) is 2.93. The summed E-state index contributed by atoms with van der Waals surface area (Å²) in [5.41, 5.74) is 1.70. The lowest BCUT2D eigenvalue weighted by Crippen LogP contribution is -2.45. The highest BCUT2D eigenvalue weighted by atomic mass is 16.5. The van der Waals surface area contributed by atoms with Crippen molar-refractivity contribution in [3.8, 4) is 11.4 Å². The Bertz CT molecular complexity index is 805. The van der Waals surface area contributed by atoms with Crippen LogP contribution in [0.25, 0.3) is 17.0 Å². The number of rotatable bonds is 5. The number of benzene rings is 1. The zero-order valence-corrected chi connectivity index (χ0v) is 13.1. The molecule has 0 unspecified atom stereocenters. The van der Waals surface area contributed by atoms with Crippen molar-refractivity contribution in [3.05, 3.63) is 42.5 Å². The minimum Gasteiger partial charge on any atom is -0.376 e. The first kappa shape index (κ1) is 14.1. The van der Waals surface area contributed by atoms with Crippen LogP contribution < -0.4 is 5.32 Å². The topological polar surface area (TPSA) is 64.3 Å². The Morgan fingerprint density at radius 3 is 2.65 bits per heavy atom. The molecule has 2 heterocycles. The molecule has 0 spiro atoms. The molecule has 3 aromatic rings. The maximum Gasteiger partial charge on any atom is 0.185 e. The van der Waals surface area contributed by atoms with Crippen molar-refractivity contribution in [1.29, 1.82) is 0 Å². The molecule has 1 aliphatic carbocycles. The third kappa shape index (κ3) is 2.55. The number of aromatic nitrogens is 4. The molecule has 1 N–H and O–H groups in total. The van der Waals surface area contributed by atoms with Gasteiger partial charge in [0, 0.05) is 19.2 Å². The SMILES string of the molecule is COC1(CNc2ccc3nnc(-c4ccccc4)n3n2)CCC1. The van der Waals surface area contributed by atoms with Crippen LogP contribution in [0.2, 0.25) is 0 Å². The normalized spacial score (nSPS) is 16.2. The lowest BCUT2D eigenvalue weighted by Gasteiger charge is -2.40. The van der Waals surface area contributed by atoms with Crippen LogP contribution in [-0.2, 0) is 4.74 Å². The van der Waals surface area contributed by atoms with Gasteiger partial charge in [-0.05, 0) is 31.4 Å². The van der Waals surface area contributed by atoms with E-state index in [1.165, 1.54) is 6.42 Å². The number of nitrogens with zero attached hydrogens (tertiary/aromatic N) is 4. The number of anilines is 1. The summed E-state index contributed by atoms with van der Waals surface area (Å²) in [5.74, 6) is 1.55. The number of nitrogens with one attached hydrogen (secondary N) is 1. The second-order valence-corrected chi connectivity index (χ2v) is 5.97. The third-order valence-corrected chi connectivity index (χ3v) is 4.58. The standard InChI is InChI=1S/C17H19N5O/c1-23-17(10-5-11-17)12-18-14-8-9-15-19-20-16(22(15)21-14)13-6-3-2-4-7-13/h2-4,6-9H,5,10-12H2,1H3,(H,18,21). The number of hydrogen-bond acceptors (Lipinski definition) is 5. The highest BCUT2D eigenvalue weighted by Gasteiger charge is 2.36. The van der Waals surface area contributed by atoms with Gasteiger partial charge in [-0.3, -0.25) is 0 Å². The van der Waals surface area contributed by atoms with Crippen LogP contribution in [0.5, 0.6) is 0 Å². The Morgan fingerprint density at radius 1 is 1.13 bits per heavy atom. The van der Waals surface area contributed by atoms with Crippen molar-refractivity contribution in [1.82, 2.24) is 19.8 Å². The summed E-state index contributed by atoms with van der Waals surface area (Å²) >= 11 is 0. The molecule has 0 bridgehead atoms. The maximum atomic E-state index is 5.64. The van der Waals surface area contributed by atoms with E-state index < -0.39 is 0 Å². The van der Waals surface area contributed by atoms with Gasteiger partial charge in [-0.1, -0.05) is 30.3 Å². The Balaban J connectivity index is 1.62. The molecule has 1 aromatic carbocycles. The van der Waals surface area contributed by atoms with E-state index in [1.807, 2.05) is 42.5 Å². The molecule has 0 radical (unpaired) electrons. The van der Waals surface area contributed by atoms with E-state index in [0.717, 1.165) is 42.2 Å². The second-order valence-electron chi connectivity index (χ2n) is 5.97. The molecule has 1 aliphatic rings. The van der Waals surface area contributed by atoms with Crippen LogP contribution in [0.15, 0.2) is 42.5 Å². The monoisotopic (exact) mass is 309 g/mol. The number of fused-ring (bicyclic) bond motifs is 1. The van der Waals surface area contributed by atoms with Crippen LogP contribution in [-0.4, -0.2) is 39.1 Å². The van der Waals surface area contributed by atoms with E-state index in [1.54, 1.807) is 11.6 Å². The molecule has 0 saturated heterocycles. The van der Waals surface area contributed by atoms with Gasteiger partial charge < -0.3 is 10.1 Å². The van der Waals surface area contributed by atoms with Crippen LogP contribution in [0.4, 0.5) is 5.82 Å². The lowest BCUT2D eigenvalue weighted by molar-refractivity contribution is -0.0601. The van der Waals surface area contributed by atoms with Gasteiger partial charge in [-0.25, -0.2) is 0 Å². The third-order valence-electron chi connectivity index (χ3n) is 4.58. The highest BCUT2D eigenvalue weighted by Crippen LogP contribution is 2.35. The highest BCUT2D eigenvalue weighted by molar-refractivity contribution is 5.59. The van der Waals surface area contributed by atoms with Gasteiger partial charge in [-0.15, -0.1) is 15.3 Å². The molecule has 0 atom stereocenters. The van der Waals surface area contributed by atoms with Crippen molar-refractivity contribution in [2.45, 2.75) is 24.9 Å².